The summed E-state index contributed by atoms with van der Waals surface area (Å²) >= 11 is 0. The van der Waals surface area contributed by atoms with E-state index in [1.807, 2.05) is 6.92 Å². The van der Waals surface area contributed by atoms with Crippen molar-refractivity contribution in [3.63, 3.8) is 0 Å². The molecule has 0 bridgehead atoms. The van der Waals surface area contributed by atoms with Crippen molar-refractivity contribution in [2.45, 2.75) is 19.8 Å². The molecule has 1 unspecified atom stereocenters. The number of hydrogen-bond acceptors (Lipinski definition) is 6. The second kappa shape index (κ2) is 6.04. The zero-order chi connectivity index (χ0) is 14.6. The molecular weight excluding hydrogens is 260 g/mol. The predicted molar refractivity (Wildman–Crippen MR) is 74.0 cm³/mol. The van der Waals surface area contributed by atoms with Crippen LogP contribution in [0.25, 0.3) is 0 Å². The highest BCUT2D eigenvalue weighted by Crippen LogP contribution is 2.31. The summed E-state index contributed by atoms with van der Waals surface area (Å²) in [4.78, 5) is 20.7. The van der Waals surface area contributed by atoms with Gasteiger partial charge in [-0.05, 0) is 19.4 Å². The fraction of sp³-hybridized carbons (Fsp3) is 0.615. The molecule has 1 amide bonds. The van der Waals surface area contributed by atoms with Gasteiger partial charge in [0.25, 0.3) is 0 Å². The first-order valence-electron chi connectivity index (χ1n) is 6.63. The number of anilines is 1. The van der Waals surface area contributed by atoms with Crippen molar-refractivity contribution < 1.29 is 14.3 Å². The molecule has 2 N–H and O–H groups in total. The zero-order valence-corrected chi connectivity index (χ0v) is 12.0. The lowest BCUT2D eigenvalue weighted by Gasteiger charge is -2.24. The van der Waals surface area contributed by atoms with Gasteiger partial charge in [0.2, 0.25) is 23.6 Å². The lowest BCUT2D eigenvalue weighted by atomic mass is 9.83. The normalized spacial score (nSPS) is 21.6. The topological polar surface area (TPSA) is 85.4 Å². The van der Waals surface area contributed by atoms with E-state index in [1.165, 1.54) is 14.2 Å². The minimum Gasteiger partial charge on any atom is -0.481 e. The Morgan fingerprint density at radius 3 is 2.50 bits per heavy atom. The van der Waals surface area contributed by atoms with E-state index >= 15 is 0 Å². The summed E-state index contributed by atoms with van der Waals surface area (Å²) in [5.41, 5.74) is -0.389. The summed E-state index contributed by atoms with van der Waals surface area (Å²) in [5, 5.41) is 5.99. The van der Waals surface area contributed by atoms with E-state index in [9.17, 15) is 4.79 Å². The number of rotatable bonds is 5. The van der Waals surface area contributed by atoms with Crippen LogP contribution in [0, 0.1) is 5.41 Å². The third-order valence-corrected chi connectivity index (χ3v) is 3.72. The van der Waals surface area contributed by atoms with Crippen LogP contribution < -0.4 is 20.1 Å². The summed E-state index contributed by atoms with van der Waals surface area (Å²) in [6.45, 7) is 3.54. The van der Waals surface area contributed by atoms with E-state index < -0.39 is 0 Å². The molecule has 110 valence electrons. The Balaban J connectivity index is 2.18. The van der Waals surface area contributed by atoms with E-state index in [4.69, 9.17) is 9.47 Å². The highest BCUT2D eigenvalue weighted by atomic mass is 16.5. The van der Waals surface area contributed by atoms with Crippen LogP contribution in [0.1, 0.15) is 19.8 Å². The predicted octanol–water partition coefficient (Wildman–Crippen LogP) is 0.822. The molecule has 0 aromatic carbocycles. The van der Waals surface area contributed by atoms with E-state index in [1.54, 1.807) is 6.07 Å². The van der Waals surface area contributed by atoms with Crippen molar-refractivity contribution in [2.75, 3.05) is 32.6 Å². The van der Waals surface area contributed by atoms with Gasteiger partial charge in [-0.3, -0.25) is 10.1 Å². The van der Waals surface area contributed by atoms with Crippen LogP contribution in [0.3, 0.4) is 0 Å². The van der Waals surface area contributed by atoms with Crippen molar-refractivity contribution in [3.05, 3.63) is 6.07 Å². The molecule has 1 aromatic rings. The van der Waals surface area contributed by atoms with Crippen molar-refractivity contribution in [2.24, 2.45) is 5.41 Å². The van der Waals surface area contributed by atoms with Crippen LogP contribution in [0.2, 0.25) is 0 Å². The average molecular weight is 280 g/mol. The SMILES string of the molecule is CCC1(C(=O)Nc2nc(OC)cc(OC)n2)CCNC1. The van der Waals surface area contributed by atoms with Crippen LogP contribution in [-0.2, 0) is 4.79 Å². The Bertz CT molecular complexity index is 464. The summed E-state index contributed by atoms with van der Waals surface area (Å²) in [6.07, 6.45) is 1.59. The standard InChI is InChI=1S/C13H20N4O3/c1-4-13(5-6-14-8-13)11(18)17-12-15-9(19-2)7-10(16-12)20-3/h7,14H,4-6,8H2,1-3H3,(H,15,16,17,18). The molecule has 1 aliphatic heterocycles. The Morgan fingerprint density at radius 2 is 2.05 bits per heavy atom. The number of methoxy groups -OCH3 is 2. The Kier molecular flexibility index (Phi) is 4.39. The van der Waals surface area contributed by atoms with Gasteiger partial charge in [-0.15, -0.1) is 0 Å². The number of ether oxygens (including phenoxy) is 2. The first-order chi connectivity index (χ1) is 9.63. The molecule has 20 heavy (non-hydrogen) atoms. The quantitative estimate of drug-likeness (QED) is 0.830. The van der Waals surface area contributed by atoms with Crippen LogP contribution in [-0.4, -0.2) is 43.2 Å². The fourth-order valence-corrected chi connectivity index (χ4v) is 2.30. The summed E-state index contributed by atoms with van der Waals surface area (Å²) in [5.74, 6) is 0.829. The van der Waals surface area contributed by atoms with Crippen molar-refractivity contribution in [1.29, 1.82) is 0 Å². The smallest absolute Gasteiger partial charge is 0.236 e. The number of amides is 1. The lowest BCUT2D eigenvalue weighted by Crippen LogP contribution is -2.38. The van der Waals surface area contributed by atoms with Gasteiger partial charge in [-0.25, -0.2) is 0 Å². The molecule has 1 saturated heterocycles. The molecule has 2 heterocycles. The Hall–Kier alpha value is -1.89. The van der Waals surface area contributed by atoms with Crippen LogP contribution in [0.5, 0.6) is 11.8 Å². The first kappa shape index (κ1) is 14.5. The Labute approximate surface area is 118 Å². The van der Waals surface area contributed by atoms with E-state index in [2.05, 4.69) is 20.6 Å². The largest absolute Gasteiger partial charge is 0.481 e. The van der Waals surface area contributed by atoms with Crippen molar-refractivity contribution in [3.8, 4) is 11.8 Å². The number of carbonyl (C=O) groups is 1. The fourth-order valence-electron chi connectivity index (χ4n) is 2.30. The summed E-state index contributed by atoms with van der Waals surface area (Å²) in [6, 6.07) is 1.56. The molecule has 1 atom stereocenters. The van der Waals surface area contributed by atoms with Gasteiger partial charge in [0.1, 0.15) is 0 Å². The number of hydrogen-bond donors (Lipinski definition) is 2. The second-order valence-corrected chi connectivity index (χ2v) is 4.79. The monoisotopic (exact) mass is 280 g/mol. The van der Waals surface area contributed by atoms with Gasteiger partial charge in [0, 0.05) is 6.54 Å². The second-order valence-electron chi connectivity index (χ2n) is 4.79. The van der Waals surface area contributed by atoms with Gasteiger partial charge in [-0.1, -0.05) is 6.92 Å². The molecule has 7 nitrogen and oxygen atoms in total. The van der Waals surface area contributed by atoms with Gasteiger partial charge < -0.3 is 14.8 Å². The molecular formula is C13H20N4O3. The van der Waals surface area contributed by atoms with E-state index in [0.717, 1.165) is 19.4 Å². The number of aromatic nitrogens is 2. The summed E-state index contributed by atoms with van der Waals surface area (Å²) in [7, 11) is 3.00. The number of carbonyl (C=O) groups excluding carboxylic acids is 1. The molecule has 1 fully saturated rings. The lowest BCUT2D eigenvalue weighted by molar-refractivity contribution is -0.124. The average Bonchev–Trinajstić information content (AvgIpc) is 2.97. The highest BCUT2D eigenvalue weighted by molar-refractivity contribution is 5.94. The van der Waals surface area contributed by atoms with Crippen molar-refractivity contribution >= 4 is 11.9 Å². The molecule has 0 saturated carbocycles. The van der Waals surface area contributed by atoms with E-state index in [-0.39, 0.29) is 17.3 Å². The highest BCUT2D eigenvalue weighted by Gasteiger charge is 2.39. The molecule has 2 rings (SSSR count). The van der Waals surface area contributed by atoms with Crippen LogP contribution in [0.15, 0.2) is 6.07 Å². The van der Waals surface area contributed by atoms with Gasteiger partial charge in [0.05, 0.1) is 25.7 Å². The molecule has 1 aliphatic rings. The van der Waals surface area contributed by atoms with Gasteiger partial charge in [-0.2, -0.15) is 9.97 Å². The molecule has 0 spiro atoms. The number of nitrogens with one attached hydrogen (secondary N) is 2. The van der Waals surface area contributed by atoms with Crippen LogP contribution >= 0.6 is 0 Å². The third kappa shape index (κ3) is 2.82. The van der Waals surface area contributed by atoms with Crippen molar-refractivity contribution in [1.82, 2.24) is 15.3 Å². The maximum Gasteiger partial charge on any atom is 0.236 e. The molecule has 0 aliphatic carbocycles. The molecule has 0 radical (unpaired) electrons. The third-order valence-electron chi connectivity index (χ3n) is 3.72. The first-order valence-corrected chi connectivity index (χ1v) is 6.63. The number of nitrogens with zero attached hydrogens (tertiary/aromatic N) is 2. The maximum atomic E-state index is 12.5. The maximum absolute atomic E-state index is 12.5. The minimum absolute atomic E-state index is 0.0692. The Morgan fingerprint density at radius 1 is 1.40 bits per heavy atom. The molecule has 7 heteroatoms. The van der Waals surface area contributed by atoms with E-state index in [0.29, 0.717) is 18.3 Å². The van der Waals surface area contributed by atoms with Crippen LogP contribution in [0.4, 0.5) is 5.95 Å². The van der Waals surface area contributed by atoms with Gasteiger partial charge in [0.15, 0.2) is 0 Å². The summed E-state index contributed by atoms with van der Waals surface area (Å²) < 4.78 is 10.1. The zero-order valence-electron chi connectivity index (χ0n) is 12.0. The van der Waals surface area contributed by atoms with Gasteiger partial charge >= 0.3 is 0 Å². The molecule has 1 aromatic heterocycles. The minimum atomic E-state index is -0.389.